The molecule has 0 aliphatic heterocycles. The monoisotopic (exact) mass is 553 g/mol. The molecule has 0 spiro atoms. The van der Waals surface area contributed by atoms with E-state index in [0.29, 0.717) is 35.3 Å². The zero-order chi connectivity index (χ0) is 31.6. The van der Waals surface area contributed by atoms with Gasteiger partial charge < -0.3 is 29.7 Å². The van der Waals surface area contributed by atoms with E-state index in [-0.39, 0.29) is 23.9 Å². The van der Waals surface area contributed by atoms with Crippen LogP contribution in [0.5, 0.6) is 5.75 Å². The number of hydrogen-bond donors (Lipinski definition) is 2. The summed E-state index contributed by atoms with van der Waals surface area (Å²) in [6.07, 6.45) is 6.83. The maximum atomic E-state index is 12.4. The molecule has 0 atom stereocenters. The minimum atomic E-state index is -2.51. The summed E-state index contributed by atoms with van der Waals surface area (Å²) in [4.78, 5) is 24.7. The molecule has 0 saturated heterocycles. The number of amides is 1. The third-order valence-electron chi connectivity index (χ3n) is 6.91. The van der Waals surface area contributed by atoms with Crippen LogP contribution in [0, 0.1) is 11.3 Å². The summed E-state index contributed by atoms with van der Waals surface area (Å²) < 4.78 is 32.5. The van der Waals surface area contributed by atoms with Gasteiger partial charge in [-0.1, -0.05) is 24.8 Å². The van der Waals surface area contributed by atoms with Crippen LogP contribution in [0.3, 0.4) is 0 Å². The van der Waals surface area contributed by atoms with Gasteiger partial charge in [-0.3, -0.25) is 4.79 Å². The number of carbonyl (C=O) groups is 1. The van der Waals surface area contributed by atoms with Crippen LogP contribution in [-0.4, -0.2) is 66.6 Å². The quantitative estimate of drug-likeness (QED) is 0.245. The minimum absolute atomic E-state index is 0.160. The summed E-state index contributed by atoms with van der Waals surface area (Å²) in [5.74, 6) is -0.0189. The van der Waals surface area contributed by atoms with Crippen molar-refractivity contribution >= 4 is 39.8 Å². The number of para-hydroxylation sites is 1. The van der Waals surface area contributed by atoms with Gasteiger partial charge in [0.2, 0.25) is 11.9 Å². The van der Waals surface area contributed by atoms with Gasteiger partial charge in [0, 0.05) is 58.9 Å². The maximum absolute atomic E-state index is 12.4. The molecule has 0 bridgehead atoms. The second-order valence-corrected chi connectivity index (χ2v) is 10.1. The van der Waals surface area contributed by atoms with Crippen LogP contribution in [0.1, 0.15) is 28.6 Å². The number of fused-ring (bicyclic) bond motifs is 1. The van der Waals surface area contributed by atoms with E-state index < -0.39 is 12.9 Å². The highest BCUT2D eigenvalue weighted by molar-refractivity contribution is 6.02. The third-order valence-corrected chi connectivity index (χ3v) is 6.91. The van der Waals surface area contributed by atoms with E-state index >= 15 is 0 Å². The molecule has 210 valence electrons. The number of nitrogens with zero attached hydrogens (tertiary/aromatic N) is 6. The molecule has 1 aliphatic rings. The minimum Gasteiger partial charge on any atom is -0.494 e. The summed E-state index contributed by atoms with van der Waals surface area (Å²) in [6.45, 7) is 1.63. The SMILES string of the molecule is [2H]C([2H])([2H])N(CCN(C)C)c1cc(OC)c(Nc2ncc(C#N)c(-c3cn(C4CC4)c4ccccc34)n2)cc1NC(=O)C=C. The van der Waals surface area contributed by atoms with E-state index in [1.165, 1.54) is 18.2 Å². The molecule has 2 N–H and O–H groups in total. The standard InChI is InChI=1S/C31H34N8O2/c1-6-29(40)34-24-15-25(28(41-5)16-27(24)38(4)14-13-37(2)3)35-31-33-18-20(17-32)30(36-31)23-19-39(21-11-12-21)26-10-8-7-9-22(23)26/h6-10,15-16,18-19,21H,1,11-14H2,2-5H3,(H,34,40)(H,33,35,36)/i4D3. The van der Waals surface area contributed by atoms with Crippen LogP contribution < -0.4 is 20.3 Å². The maximum Gasteiger partial charge on any atom is 0.247 e. The van der Waals surface area contributed by atoms with Crippen molar-refractivity contribution in [1.82, 2.24) is 19.4 Å². The molecule has 2 aromatic carbocycles. The smallest absolute Gasteiger partial charge is 0.247 e. The van der Waals surface area contributed by atoms with Crippen LogP contribution in [0.2, 0.25) is 0 Å². The number of aromatic nitrogens is 3. The molecule has 10 heteroatoms. The van der Waals surface area contributed by atoms with E-state index in [9.17, 15) is 10.1 Å². The molecule has 10 nitrogen and oxygen atoms in total. The number of likely N-dealkylation sites (N-methyl/N-ethyl adjacent to an activating group) is 2. The predicted octanol–water partition coefficient (Wildman–Crippen LogP) is 5.18. The molecule has 1 aliphatic carbocycles. The van der Waals surface area contributed by atoms with E-state index in [1.807, 2.05) is 43.4 Å². The zero-order valence-electron chi connectivity index (χ0n) is 26.3. The number of nitriles is 1. The Bertz CT molecular complexity index is 1760. The summed E-state index contributed by atoms with van der Waals surface area (Å²) >= 11 is 0. The van der Waals surface area contributed by atoms with Gasteiger partial charge >= 0.3 is 0 Å². The van der Waals surface area contributed by atoms with Gasteiger partial charge in [-0.25, -0.2) is 9.97 Å². The second kappa shape index (κ2) is 11.7. The van der Waals surface area contributed by atoms with Gasteiger partial charge in [0.05, 0.1) is 41.6 Å². The predicted molar refractivity (Wildman–Crippen MR) is 163 cm³/mol. The number of hydrogen-bond acceptors (Lipinski definition) is 8. The van der Waals surface area contributed by atoms with Crippen LogP contribution >= 0.6 is 0 Å². The fraction of sp³-hybridized carbons (Fsp3) is 0.290. The lowest BCUT2D eigenvalue weighted by atomic mass is 10.1. The highest BCUT2D eigenvalue weighted by Gasteiger charge is 2.27. The molecular weight excluding hydrogens is 516 g/mol. The first-order valence-corrected chi connectivity index (χ1v) is 13.3. The number of carbonyl (C=O) groups excluding carboxylic acids is 1. The first-order valence-electron chi connectivity index (χ1n) is 14.8. The summed E-state index contributed by atoms with van der Waals surface area (Å²) in [6, 6.07) is 13.8. The molecule has 0 radical (unpaired) electrons. The van der Waals surface area contributed by atoms with Crippen molar-refractivity contribution in [2.24, 2.45) is 0 Å². The Labute approximate surface area is 244 Å². The first-order chi connectivity index (χ1) is 21.0. The van der Waals surface area contributed by atoms with Crippen LogP contribution in [0.15, 0.2) is 61.4 Å². The van der Waals surface area contributed by atoms with E-state index in [2.05, 4.69) is 38.9 Å². The fourth-order valence-corrected chi connectivity index (χ4v) is 4.66. The number of ether oxygens (including phenoxy) is 1. The van der Waals surface area contributed by atoms with Gasteiger partial charge in [0.15, 0.2) is 0 Å². The van der Waals surface area contributed by atoms with Crippen molar-refractivity contribution in [1.29, 1.82) is 5.26 Å². The van der Waals surface area contributed by atoms with Crippen LogP contribution in [-0.2, 0) is 4.79 Å². The first kappa shape index (κ1) is 24.0. The van der Waals surface area contributed by atoms with E-state index in [0.717, 1.165) is 35.4 Å². The Hall–Kier alpha value is -4.88. The molecule has 2 heterocycles. The molecule has 4 aromatic rings. The van der Waals surface area contributed by atoms with Crippen molar-refractivity contribution in [3.8, 4) is 23.1 Å². The summed E-state index contributed by atoms with van der Waals surface area (Å²) in [7, 11) is 5.16. The van der Waals surface area contributed by atoms with E-state index in [1.54, 1.807) is 12.1 Å². The molecule has 1 amide bonds. The lowest BCUT2D eigenvalue weighted by Gasteiger charge is -2.26. The molecular formula is C31H34N8O2. The Morgan fingerprint density at radius 2 is 2.10 bits per heavy atom. The lowest BCUT2D eigenvalue weighted by Crippen LogP contribution is -2.29. The molecule has 2 aromatic heterocycles. The molecule has 41 heavy (non-hydrogen) atoms. The molecule has 0 unspecified atom stereocenters. The third kappa shape index (κ3) is 5.85. The number of rotatable bonds is 11. The number of anilines is 4. The number of benzene rings is 2. The van der Waals surface area contributed by atoms with E-state index in [4.69, 9.17) is 13.8 Å². The molecule has 1 saturated carbocycles. The Balaban J connectivity index is 1.59. The average molecular weight is 554 g/mol. The van der Waals surface area contributed by atoms with Gasteiger partial charge in [-0.15, -0.1) is 0 Å². The normalized spacial score (nSPS) is 14.1. The Kier molecular flexibility index (Phi) is 6.84. The van der Waals surface area contributed by atoms with Gasteiger partial charge in [-0.2, -0.15) is 5.26 Å². The lowest BCUT2D eigenvalue weighted by molar-refractivity contribution is -0.111. The Morgan fingerprint density at radius 3 is 2.78 bits per heavy atom. The highest BCUT2D eigenvalue weighted by Crippen LogP contribution is 2.42. The van der Waals surface area contributed by atoms with Gasteiger partial charge in [-0.05, 0) is 45.1 Å². The Morgan fingerprint density at radius 1 is 1.29 bits per heavy atom. The molecule has 5 rings (SSSR count). The highest BCUT2D eigenvalue weighted by atomic mass is 16.5. The van der Waals surface area contributed by atoms with Crippen molar-refractivity contribution in [2.75, 3.05) is 56.8 Å². The average Bonchev–Trinajstić information content (AvgIpc) is 3.77. The van der Waals surface area contributed by atoms with Gasteiger partial charge in [0.1, 0.15) is 11.8 Å². The van der Waals surface area contributed by atoms with Crippen molar-refractivity contribution in [2.45, 2.75) is 18.9 Å². The number of nitrogens with one attached hydrogen (secondary N) is 2. The largest absolute Gasteiger partial charge is 0.494 e. The topological polar surface area (TPSA) is 111 Å². The fourth-order valence-electron chi connectivity index (χ4n) is 4.66. The summed E-state index contributed by atoms with van der Waals surface area (Å²) in [5, 5.41) is 16.8. The number of methoxy groups -OCH3 is 1. The van der Waals surface area contributed by atoms with Crippen molar-refractivity contribution < 1.29 is 13.6 Å². The second-order valence-electron chi connectivity index (χ2n) is 10.1. The van der Waals surface area contributed by atoms with Crippen molar-refractivity contribution in [3.05, 3.63) is 67.0 Å². The van der Waals surface area contributed by atoms with Crippen molar-refractivity contribution in [3.63, 3.8) is 0 Å². The van der Waals surface area contributed by atoms with Crippen LogP contribution in [0.4, 0.5) is 23.0 Å². The zero-order valence-corrected chi connectivity index (χ0v) is 23.3. The molecule has 1 fully saturated rings. The van der Waals surface area contributed by atoms with Gasteiger partial charge in [0.25, 0.3) is 0 Å². The van der Waals surface area contributed by atoms with Crippen LogP contribution in [0.25, 0.3) is 22.2 Å². The summed E-state index contributed by atoms with van der Waals surface area (Å²) in [5.41, 5.74) is 3.57.